The fourth-order valence-electron chi connectivity index (χ4n) is 1.61. The van der Waals surface area contributed by atoms with Crippen molar-refractivity contribution in [3.8, 4) is 0 Å². The van der Waals surface area contributed by atoms with E-state index < -0.39 is 0 Å². The average molecular weight is 249 g/mol. The molecule has 96 valence electrons. The van der Waals surface area contributed by atoms with Crippen LogP contribution >= 0.6 is 0 Å². The predicted molar refractivity (Wildman–Crippen MR) is 66.6 cm³/mol. The molecule has 0 spiro atoms. The zero-order chi connectivity index (χ0) is 13.1. The Balaban J connectivity index is 2.00. The summed E-state index contributed by atoms with van der Waals surface area (Å²) in [4.78, 5) is 4.28. The van der Waals surface area contributed by atoms with Crippen LogP contribution in [0.3, 0.4) is 0 Å². The number of aromatic nitrogens is 2. The Morgan fingerprint density at radius 2 is 2.11 bits per heavy atom. The fraction of sp³-hybridized carbons (Fsp3) is 0.385. The van der Waals surface area contributed by atoms with E-state index in [1.807, 2.05) is 13.8 Å². The maximum Gasteiger partial charge on any atom is 0.229 e. The van der Waals surface area contributed by atoms with Crippen LogP contribution in [-0.2, 0) is 12.8 Å². The van der Waals surface area contributed by atoms with Crippen molar-refractivity contribution < 1.29 is 8.91 Å². The Bertz CT molecular complexity index is 537. The molecule has 18 heavy (non-hydrogen) atoms. The molecular weight excluding hydrogens is 233 g/mol. The van der Waals surface area contributed by atoms with Crippen LogP contribution < -0.4 is 5.73 Å². The number of benzene rings is 1. The number of hydrogen-bond acceptors (Lipinski definition) is 4. The molecule has 2 rings (SSSR count). The van der Waals surface area contributed by atoms with E-state index in [0.29, 0.717) is 24.6 Å². The van der Waals surface area contributed by atoms with Crippen LogP contribution in [-0.4, -0.2) is 10.1 Å². The lowest BCUT2D eigenvalue weighted by atomic mass is 10.1. The molecule has 0 aliphatic carbocycles. The van der Waals surface area contributed by atoms with Gasteiger partial charge < -0.3 is 10.3 Å². The van der Waals surface area contributed by atoms with Gasteiger partial charge in [0, 0.05) is 12.3 Å². The Morgan fingerprint density at radius 1 is 1.33 bits per heavy atom. The highest BCUT2D eigenvalue weighted by atomic mass is 19.1. The van der Waals surface area contributed by atoms with Crippen molar-refractivity contribution >= 4 is 5.69 Å². The molecule has 0 bridgehead atoms. The van der Waals surface area contributed by atoms with Crippen molar-refractivity contribution in [2.24, 2.45) is 0 Å². The topological polar surface area (TPSA) is 64.9 Å². The summed E-state index contributed by atoms with van der Waals surface area (Å²) in [5.74, 6) is 1.15. The van der Waals surface area contributed by atoms with Gasteiger partial charge in [-0.3, -0.25) is 0 Å². The lowest BCUT2D eigenvalue weighted by Gasteiger charge is -2.01. The molecule has 5 heteroatoms. The third kappa shape index (κ3) is 2.85. The van der Waals surface area contributed by atoms with Crippen LogP contribution in [0.25, 0.3) is 0 Å². The number of hydrogen-bond donors (Lipinski definition) is 1. The SMILES string of the molecule is CC(C)c1nc(CCc2ccc(F)c(N)c2)no1. The fourth-order valence-corrected chi connectivity index (χ4v) is 1.61. The van der Waals surface area contributed by atoms with Crippen molar-refractivity contribution in [3.63, 3.8) is 0 Å². The minimum Gasteiger partial charge on any atom is -0.396 e. The van der Waals surface area contributed by atoms with Gasteiger partial charge in [0.1, 0.15) is 5.82 Å². The smallest absolute Gasteiger partial charge is 0.229 e. The molecule has 0 saturated heterocycles. The van der Waals surface area contributed by atoms with Crippen molar-refractivity contribution in [1.29, 1.82) is 0 Å². The highest BCUT2D eigenvalue weighted by molar-refractivity contribution is 5.42. The van der Waals surface area contributed by atoms with Crippen molar-refractivity contribution in [2.75, 3.05) is 5.73 Å². The third-order valence-electron chi connectivity index (χ3n) is 2.68. The minimum atomic E-state index is -0.389. The second kappa shape index (κ2) is 5.16. The first-order valence-corrected chi connectivity index (χ1v) is 5.92. The summed E-state index contributed by atoms with van der Waals surface area (Å²) < 4.78 is 18.1. The van der Waals surface area contributed by atoms with Crippen molar-refractivity contribution in [3.05, 3.63) is 41.3 Å². The zero-order valence-electron chi connectivity index (χ0n) is 10.5. The van der Waals surface area contributed by atoms with Crippen LogP contribution in [0.5, 0.6) is 0 Å². The van der Waals surface area contributed by atoms with E-state index in [4.69, 9.17) is 10.3 Å². The number of nitrogen functional groups attached to an aromatic ring is 1. The molecule has 2 aromatic rings. The van der Waals surface area contributed by atoms with Gasteiger partial charge in [0.05, 0.1) is 5.69 Å². The number of nitrogens with two attached hydrogens (primary N) is 1. The molecule has 0 amide bonds. The molecule has 0 saturated carbocycles. The number of rotatable bonds is 4. The van der Waals surface area contributed by atoms with Crippen LogP contribution in [0.4, 0.5) is 10.1 Å². The molecule has 4 nitrogen and oxygen atoms in total. The van der Waals surface area contributed by atoms with Gasteiger partial charge in [-0.1, -0.05) is 25.1 Å². The van der Waals surface area contributed by atoms with Crippen molar-refractivity contribution in [2.45, 2.75) is 32.6 Å². The molecule has 1 heterocycles. The standard InChI is InChI=1S/C13H16FN3O/c1-8(2)13-16-12(17-18-13)6-4-9-3-5-10(14)11(15)7-9/h3,5,7-8H,4,6,15H2,1-2H3. The largest absolute Gasteiger partial charge is 0.396 e. The van der Waals surface area contributed by atoms with E-state index in [0.717, 1.165) is 5.56 Å². The average Bonchev–Trinajstić information content (AvgIpc) is 2.79. The Labute approximate surface area is 105 Å². The van der Waals surface area contributed by atoms with E-state index in [-0.39, 0.29) is 17.4 Å². The summed E-state index contributed by atoms with van der Waals surface area (Å²) in [5, 5.41) is 3.90. The number of nitrogens with zero attached hydrogens (tertiary/aromatic N) is 2. The normalized spacial score (nSPS) is 11.1. The molecule has 1 aromatic carbocycles. The maximum atomic E-state index is 13.0. The lowest BCUT2D eigenvalue weighted by Crippen LogP contribution is -1.97. The molecule has 2 N–H and O–H groups in total. The van der Waals surface area contributed by atoms with Crippen LogP contribution in [0, 0.1) is 5.82 Å². The number of aryl methyl sites for hydroxylation is 2. The van der Waals surface area contributed by atoms with Crippen molar-refractivity contribution in [1.82, 2.24) is 10.1 Å². The maximum absolute atomic E-state index is 13.0. The Morgan fingerprint density at radius 3 is 2.72 bits per heavy atom. The van der Waals surface area contributed by atoms with E-state index in [2.05, 4.69) is 10.1 Å². The van der Waals surface area contributed by atoms with Crippen LogP contribution in [0.2, 0.25) is 0 Å². The van der Waals surface area contributed by atoms with Crippen LogP contribution in [0.15, 0.2) is 22.7 Å². The first-order valence-electron chi connectivity index (χ1n) is 5.92. The van der Waals surface area contributed by atoms with Gasteiger partial charge in [0.2, 0.25) is 5.89 Å². The zero-order valence-corrected chi connectivity index (χ0v) is 10.5. The van der Waals surface area contributed by atoms with E-state index in [1.54, 1.807) is 12.1 Å². The van der Waals surface area contributed by atoms with E-state index >= 15 is 0 Å². The van der Waals surface area contributed by atoms with Gasteiger partial charge in [-0.25, -0.2) is 4.39 Å². The first-order chi connectivity index (χ1) is 8.56. The number of halogens is 1. The molecule has 0 unspecified atom stereocenters. The van der Waals surface area contributed by atoms with Gasteiger partial charge in [-0.15, -0.1) is 0 Å². The molecule has 0 atom stereocenters. The second-order valence-corrected chi connectivity index (χ2v) is 4.56. The quantitative estimate of drug-likeness (QED) is 0.846. The third-order valence-corrected chi connectivity index (χ3v) is 2.68. The second-order valence-electron chi connectivity index (χ2n) is 4.56. The summed E-state index contributed by atoms with van der Waals surface area (Å²) in [6, 6.07) is 4.73. The van der Waals surface area contributed by atoms with Gasteiger partial charge in [-0.2, -0.15) is 4.98 Å². The van der Waals surface area contributed by atoms with E-state index in [9.17, 15) is 4.39 Å². The monoisotopic (exact) mass is 249 g/mol. The first kappa shape index (κ1) is 12.5. The number of anilines is 1. The summed E-state index contributed by atoms with van der Waals surface area (Å²) in [7, 11) is 0. The van der Waals surface area contributed by atoms with Gasteiger partial charge >= 0.3 is 0 Å². The van der Waals surface area contributed by atoms with Gasteiger partial charge in [0.15, 0.2) is 5.82 Å². The lowest BCUT2D eigenvalue weighted by molar-refractivity contribution is 0.360. The molecule has 0 fully saturated rings. The molecule has 0 aliphatic heterocycles. The summed E-state index contributed by atoms with van der Waals surface area (Å²) in [6.07, 6.45) is 1.36. The Hall–Kier alpha value is -1.91. The molecular formula is C13H16FN3O. The van der Waals surface area contributed by atoms with Crippen LogP contribution in [0.1, 0.15) is 37.0 Å². The highest BCUT2D eigenvalue weighted by Crippen LogP contribution is 2.15. The Kier molecular flexibility index (Phi) is 3.60. The summed E-state index contributed by atoms with van der Waals surface area (Å²) >= 11 is 0. The summed E-state index contributed by atoms with van der Waals surface area (Å²) in [5.41, 5.74) is 6.64. The van der Waals surface area contributed by atoms with E-state index in [1.165, 1.54) is 6.07 Å². The predicted octanol–water partition coefficient (Wildman–Crippen LogP) is 2.70. The minimum absolute atomic E-state index is 0.170. The molecule has 0 radical (unpaired) electrons. The highest BCUT2D eigenvalue weighted by Gasteiger charge is 2.10. The molecule has 1 aromatic heterocycles. The van der Waals surface area contributed by atoms with Gasteiger partial charge in [0.25, 0.3) is 0 Å². The summed E-state index contributed by atoms with van der Waals surface area (Å²) in [6.45, 7) is 4.00. The van der Waals surface area contributed by atoms with Gasteiger partial charge in [-0.05, 0) is 24.1 Å². The molecule has 0 aliphatic rings.